The highest BCUT2D eigenvalue weighted by molar-refractivity contribution is 4.82. The normalized spacial score (nSPS) is 31.4. The maximum absolute atomic E-state index is 5.41. The summed E-state index contributed by atoms with van der Waals surface area (Å²) in [5.74, 6) is 0. The number of hydrogen-bond donors (Lipinski definition) is 1. The van der Waals surface area contributed by atoms with E-state index in [1.54, 1.807) is 0 Å². The summed E-state index contributed by atoms with van der Waals surface area (Å²) in [5.41, 5.74) is 0. The Morgan fingerprint density at radius 1 is 1.15 bits per heavy atom. The minimum absolute atomic E-state index is 0.683. The summed E-state index contributed by atoms with van der Waals surface area (Å²) < 4.78 is 5.41. The Kier molecular flexibility index (Phi) is 3.19. The van der Waals surface area contributed by atoms with Crippen LogP contribution in [0.2, 0.25) is 0 Å². The highest BCUT2D eigenvalue weighted by Crippen LogP contribution is 2.18. The van der Waals surface area contributed by atoms with Gasteiger partial charge in [-0.3, -0.25) is 4.90 Å². The zero-order chi connectivity index (χ0) is 9.10. The van der Waals surface area contributed by atoms with E-state index in [0.717, 1.165) is 19.3 Å². The number of piperidine rings is 1. The van der Waals surface area contributed by atoms with Gasteiger partial charge in [0.05, 0.1) is 6.61 Å². The molecule has 0 aromatic carbocycles. The lowest BCUT2D eigenvalue weighted by Gasteiger charge is -2.35. The van der Waals surface area contributed by atoms with E-state index in [-0.39, 0.29) is 0 Å². The van der Waals surface area contributed by atoms with Gasteiger partial charge in [-0.2, -0.15) is 0 Å². The van der Waals surface area contributed by atoms with Gasteiger partial charge in [-0.15, -0.1) is 0 Å². The quantitative estimate of drug-likeness (QED) is 0.675. The van der Waals surface area contributed by atoms with Crippen molar-refractivity contribution in [2.75, 3.05) is 33.4 Å². The molecule has 2 fully saturated rings. The van der Waals surface area contributed by atoms with Crippen molar-refractivity contribution in [2.24, 2.45) is 0 Å². The van der Waals surface area contributed by atoms with Crippen molar-refractivity contribution in [3.8, 4) is 0 Å². The van der Waals surface area contributed by atoms with Crippen LogP contribution in [0.4, 0.5) is 0 Å². The Morgan fingerprint density at radius 2 is 1.92 bits per heavy atom. The molecule has 0 unspecified atom stereocenters. The molecule has 2 heterocycles. The van der Waals surface area contributed by atoms with E-state index in [2.05, 4.69) is 17.3 Å². The Labute approximate surface area is 80.4 Å². The fraction of sp³-hybridized carbons (Fsp3) is 1.00. The maximum Gasteiger partial charge on any atom is 0.0622 e. The third kappa shape index (κ3) is 2.22. The third-order valence-electron chi connectivity index (χ3n) is 3.37. The summed E-state index contributed by atoms with van der Waals surface area (Å²) in [7, 11) is 2.26. The standard InChI is InChI=1S/C10H20N2O/c1-12(10-4-7-13-8-10)9-2-5-11-6-3-9/h9-11H,2-8H2,1H3/t10-/m0/s1. The van der Waals surface area contributed by atoms with Crippen molar-refractivity contribution in [3.05, 3.63) is 0 Å². The Hall–Kier alpha value is -0.120. The van der Waals surface area contributed by atoms with Crippen LogP contribution < -0.4 is 5.32 Å². The first-order chi connectivity index (χ1) is 6.38. The van der Waals surface area contributed by atoms with E-state index in [4.69, 9.17) is 4.74 Å². The fourth-order valence-corrected chi connectivity index (χ4v) is 2.36. The van der Waals surface area contributed by atoms with Crippen LogP contribution in [0.15, 0.2) is 0 Å². The predicted octanol–water partition coefficient (Wildman–Crippen LogP) is 0.459. The van der Waals surface area contributed by atoms with Gasteiger partial charge >= 0.3 is 0 Å². The van der Waals surface area contributed by atoms with E-state index in [1.165, 1.54) is 32.4 Å². The van der Waals surface area contributed by atoms with Gasteiger partial charge in [0.2, 0.25) is 0 Å². The summed E-state index contributed by atoms with van der Waals surface area (Å²) >= 11 is 0. The molecule has 1 atom stereocenters. The molecule has 76 valence electrons. The molecule has 0 aliphatic carbocycles. The molecule has 0 aromatic heterocycles. The number of rotatable bonds is 2. The zero-order valence-electron chi connectivity index (χ0n) is 8.46. The van der Waals surface area contributed by atoms with Crippen LogP contribution in [-0.4, -0.2) is 50.3 Å². The summed E-state index contributed by atoms with van der Waals surface area (Å²) in [6.45, 7) is 4.27. The molecule has 0 spiro atoms. The predicted molar refractivity (Wildman–Crippen MR) is 52.9 cm³/mol. The van der Waals surface area contributed by atoms with Crippen molar-refractivity contribution in [2.45, 2.75) is 31.3 Å². The van der Waals surface area contributed by atoms with E-state index < -0.39 is 0 Å². The second-order valence-corrected chi connectivity index (χ2v) is 4.16. The monoisotopic (exact) mass is 184 g/mol. The van der Waals surface area contributed by atoms with E-state index in [1.807, 2.05) is 0 Å². The van der Waals surface area contributed by atoms with Crippen LogP contribution >= 0.6 is 0 Å². The molecule has 2 rings (SSSR count). The van der Waals surface area contributed by atoms with Gasteiger partial charge in [-0.1, -0.05) is 0 Å². The highest BCUT2D eigenvalue weighted by Gasteiger charge is 2.26. The Bertz CT molecular complexity index is 151. The SMILES string of the molecule is CN(C1CCNCC1)[C@H]1CCOC1. The summed E-state index contributed by atoms with van der Waals surface area (Å²) in [4.78, 5) is 2.54. The molecule has 0 radical (unpaired) electrons. The summed E-state index contributed by atoms with van der Waals surface area (Å²) in [6, 6.07) is 1.47. The Morgan fingerprint density at radius 3 is 2.54 bits per heavy atom. The average molecular weight is 184 g/mol. The molecule has 2 aliphatic heterocycles. The van der Waals surface area contributed by atoms with Crippen molar-refractivity contribution >= 4 is 0 Å². The van der Waals surface area contributed by atoms with Gasteiger partial charge in [-0.25, -0.2) is 0 Å². The van der Waals surface area contributed by atoms with Gasteiger partial charge < -0.3 is 10.1 Å². The number of nitrogens with zero attached hydrogens (tertiary/aromatic N) is 1. The maximum atomic E-state index is 5.41. The van der Waals surface area contributed by atoms with Crippen molar-refractivity contribution in [1.82, 2.24) is 10.2 Å². The van der Waals surface area contributed by atoms with Crippen molar-refractivity contribution in [1.29, 1.82) is 0 Å². The lowest BCUT2D eigenvalue weighted by atomic mass is 10.0. The topological polar surface area (TPSA) is 24.5 Å². The van der Waals surface area contributed by atoms with Crippen molar-refractivity contribution < 1.29 is 4.74 Å². The zero-order valence-corrected chi connectivity index (χ0v) is 8.46. The van der Waals surface area contributed by atoms with Gasteiger partial charge in [0.25, 0.3) is 0 Å². The second-order valence-electron chi connectivity index (χ2n) is 4.16. The molecule has 13 heavy (non-hydrogen) atoms. The van der Waals surface area contributed by atoms with Crippen LogP contribution in [0.25, 0.3) is 0 Å². The average Bonchev–Trinajstić information content (AvgIpc) is 2.71. The molecule has 0 aromatic rings. The van der Waals surface area contributed by atoms with Crippen molar-refractivity contribution in [3.63, 3.8) is 0 Å². The number of nitrogens with one attached hydrogen (secondary N) is 1. The lowest BCUT2D eigenvalue weighted by Crippen LogP contribution is -2.46. The Balaban J connectivity index is 1.83. The molecule has 0 saturated carbocycles. The molecule has 2 aliphatic rings. The summed E-state index contributed by atoms with van der Waals surface area (Å²) in [6.07, 6.45) is 3.82. The van der Waals surface area contributed by atoms with Crippen LogP contribution in [-0.2, 0) is 4.74 Å². The summed E-state index contributed by atoms with van der Waals surface area (Å²) in [5, 5.41) is 3.40. The molecule has 0 bridgehead atoms. The number of ether oxygens (including phenoxy) is 1. The fourth-order valence-electron chi connectivity index (χ4n) is 2.36. The minimum atomic E-state index is 0.683. The number of likely N-dealkylation sites (N-methyl/N-ethyl adjacent to an activating group) is 1. The third-order valence-corrected chi connectivity index (χ3v) is 3.37. The largest absolute Gasteiger partial charge is 0.380 e. The van der Waals surface area contributed by atoms with Crippen LogP contribution in [0.3, 0.4) is 0 Å². The van der Waals surface area contributed by atoms with Gasteiger partial charge in [0.1, 0.15) is 0 Å². The van der Waals surface area contributed by atoms with Gasteiger partial charge in [0.15, 0.2) is 0 Å². The highest BCUT2D eigenvalue weighted by atomic mass is 16.5. The van der Waals surface area contributed by atoms with Gasteiger partial charge in [-0.05, 0) is 39.4 Å². The molecule has 2 saturated heterocycles. The molecule has 0 amide bonds. The van der Waals surface area contributed by atoms with Crippen LogP contribution in [0.5, 0.6) is 0 Å². The van der Waals surface area contributed by atoms with E-state index in [9.17, 15) is 0 Å². The van der Waals surface area contributed by atoms with E-state index in [0.29, 0.717) is 6.04 Å². The smallest absolute Gasteiger partial charge is 0.0622 e. The molecular weight excluding hydrogens is 164 g/mol. The first-order valence-electron chi connectivity index (χ1n) is 5.38. The molecule has 3 heteroatoms. The number of hydrogen-bond acceptors (Lipinski definition) is 3. The first-order valence-corrected chi connectivity index (χ1v) is 5.38. The first kappa shape index (κ1) is 9.44. The van der Waals surface area contributed by atoms with Crippen LogP contribution in [0, 0.1) is 0 Å². The minimum Gasteiger partial charge on any atom is -0.380 e. The lowest BCUT2D eigenvalue weighted by molar-refractivity contribution is 0.116. The molecular formula is C10H20N2O. The molecule has 1 N–H and O–H groups in total. The molecule has 3 nitrogen and oxygen atoms in total. The van der Waals surface area contributed by atoms with Gasteiger partial charge in [0, 0.05) is 18.7 Å². The van der Waals surface area contributed by atoms with E-state index >= 15 is 0 Å². The second kappa shape index (κ2) is 4.40. The van der Waals surface area contributed by atoms with Crippen LogP contribution in [0.1, 0.15) is 19.3 Å².